The Labute approximate surface area is 105 Å². The topological polar surface area (TPSA) is 64.3 Å². The lowest BCUT2D eigenvalue weighted by atomic mass is 9.94. The van der Waals surface area contributed by atoms with Gasteiger partial charge in [0.15, 0.2) is 0 Å². The highest BCUT2D eigenvalue weighted by Gasteiger charge is 2.31. The third-order valence-corrected chi connectivity index (χ3v) is 2.38. The molecule has 4 nitrogen and oxygen atoms in total. The molecule has 108 valence electrons. The maximum Gasteiger partial charge on any atom is 0.411 e. The van der Waals surface area contributed by atoms with Gasteiger partial charge in [0.1, 0.15) is 6.61 Å². The first kappa shape index (κ1) is 17.2. The van der Waals surface area contributed by atoms with Crippen LogP contribution in [0.1, 0.15) is 33.6 Å². The second kappa shape index (κ2) is 6.94. The summed E-state index contributed by atoms with van der Waals surface area (Å²) in [6, 6.07) is 0.0543. The van der Waals surface area contributed by atoms with Crippen LogP contribution in [0.2, 0.25) is 0 Å². The van der Waals surface area contributed by atoms with E-state index in [0.29, 0.717) is 12.8 Å². The molecule has 0 heterocycles. The number of hydrogen-bond acceptors (Lipinski definition) is 3. The molecule has 0 spiro atoms. The highest BCUT2D eigenvalue weighted by Crippen LogP contribution is 2.16. The summed E-state index contributed by atoms with van der Waals surface area (Å²) < 4.78 is 39.9. The van der Waals surface area contributed by atoms with Gasteiger partial charge in [-0.3, -0.25) is 4.79 Å². The Morgan fingerprint density at radius 3 is 2.33 bits per heavy atom. The molecule has 7 heteroatoms. The Morgan fingerprint density at radius 2 is 1.94 bits per heavy atom. The monoisotopic (exact) mass is 270 g/mol. The van der Waals surface area contributed by atoms with E-state index in [1.807, 2.05) is 13.8 Å². The summed E-state index contributed by atoms with van der Waals surface area (Å²) in [5, 5.41) is 3.01. The molecule has 0 radical (unpaired) electrons. The number of nitrogens with one attached hydrogen (secondary N) is 1. The molecule has 0 aromatic rings. The van der Waals surface area contributed by atoms with Crippen LogP contribution < -0.4 is 11.1 Å². The Kier molecular flexibility index (Phi) is 6.62. The number of carbonyl (C=O) groups excluding carboxylic acids is 1. The lowest BCUT2D eigenvalue weighted by Crippen LogP contribution is -2.55. The molecule has 0 aromatic heterocycles. The molecule has 0 aliphatic heterocycles. The van der Waals surface area contributed by atoms with Crippen molar-refractivity contribution in [3.8, 4) is 0 Å². The van der Waals surface area contributed by atoms with Crippen molar-refractivity contribution < 1.29 is 22.7 Å². The number of hydrogen-bond donors (Lipinski definition) is 2. The van der Waals surface area contributed by atoms with Crippen molar-refractivity contribution in [3.63, 3.8) is 0 Å². The number of alkyl halides is 3. The Balaban J connectivity index is 4.03. The maximum absolute atomic E-state index is 11.8. The fourth-order valence-corrected chi connectivity index (χ4v) is 1.62. The fraction of sp³-hybridized carbons (Fsp3) is 0.909. The summed E-state index contributed by atoms with van der Waals surface area (Å²) in [7, 11) is 0. The predicted molar refractivity (Wildman–Crippen MR) is 62.0 cm³/mol. The number of primary amides is 1. The zero-order valence-corrected chi connectivity index (χ0v) is 10.9. The summed E-state index contributed by atoms with van der Waals surface area (Å²) >= 11 is 0. The minimum absolute atomic E-state index is 0.0534. The molecule has 0 fully saturated rings. The number of ether oxygens (including phenoxy) is 1. The summed E-state index contributed by atoms with van der Waals surface area (Å²) in [5.41, 5.74) is 4.36. The quantitative estimate of drug-likeness (QED) is 0.658. The van der Waals surface area contributed by atoms with E-state index in [1.54, 1.807) is 6.92 Å². The number of nitrogens with two attached hydrogens (primary N) is 1. The summed E-state index contributed by atoms with van der Waals surface area (Å²) in [5.74, 6) is -0.521. The number of carbonyl (C=O) groups is 1. The van der Waals surface area contributed by atoms with Crippen LogP contribution in [-0.4, -0.2) is 36.9 Å². The third-order valence-electron chi connectivity index (χ3n) is 2.38. The van der Waals surface area contributed by atoms with Gasteiger partial charge in [-0.2, -0.15) is 13.2 Å². The van der Waals surface area contributed by atoms with Crippen molar-refractivity contribution in [1.82, 2.24) is 5.32 Å². The van der Waals surface area contributed by atoms with E-state index in [9.17, 15) is 18.0 Å². The van der Waals surface area contributed by atoms with Crippen LogP contribution in [0.15, 0.2) is 0 Å². The zero-order chi connectivity index (χ0) is 14.4. The number of amides is 1. The summed E-state index contributed by atoms with van der Waals surface area (Å²) in [6.07, 6.45) is -3.66. The van der Waals surface area contributed by atoms with E-state index < -0.39 is 24.2 Å². The van der Waals surface area contributed by atoms with Crippen LogP contribution in [0.25, 0.3) is 0 Å². The molecule has 18 heavy (non-hydrogen) atoms. The van der Waals surface area contributed by atoms with Gasteiger partial charge in [0, 0.05) is 12.6 Å². The van der Waals surface area contributed by atoms with Crippen molar-refractivity contribution in [3.05, 3.63) is 0 Å². The molecule has 1 unspecified atom stereocenters. The van der Waals surface area contributed by atoms with Gasteiger partial charge in [0.05, 0.1) is 5.54 Å². The van der Waals surface area contributed by atoms with E-state index in [-0.39, 0.29) is 12.6 Å². The second-order valence-electron chi connectivity index (χ2n) is 4.77. The van der Waals surface area contributed by atoms with Crippen LogP contribution in [0, 0.1) is 0 Å². The minimum Gasteiger partial charge on any atom is -0.372 e. The average Bonchev–Trinajstić information content (AvgIpc) is 2.13. The standard InChI is InChI=1S/C11H21F3N2O2/c1-8(2)16-10(3,9(15)17)5-4-6-18-7-11(12,13)14/h8,16H,4-7H2,1-3H3,(H2,15,17). The van der Waals surface area contributed by atoms with Gasteiger partial charge in [0.25, 0.3) is 0 Å². The van der Waals surface area contributed by atoms with E-state index in [2.05, 4.69) is 10.1 Å². The zero-order valence-electron chi connectivity index (χ0n) is 10.9. The van der Waals surface area contributed by atoms with Crippen LogP contribution in [0.5, 0.6) is 0 Å². The molecule has 0 aromatic carbocycles. The van der Waals surface area contributed by atoms with Gasteiger partial charge in [-0.15, -0.1) is 0 Å². The molecular weight excluding hydrogens is 249 g/mol. The highest BCUT2D eigenvalue weighted by atomic mass is 19.4. The Morgan fingerprint density at radius 1 is 1.39 bits per heavy atom. The van der Waals surface area contributed by atoms with Crippen molar-refractivity contribution in [2.45, 2.75) is 51.4 Å². The normalized spacial score (nSPS) is 15.7. The smallest absolute Gasteiger partial charge is 0.372 e. The van der Waals surface area contributed by atoms with E-state index in [4.69, 9.17) is 5.73 Å². The molecule has 0 aliphatic rings. The van der Waals surface area contributed by atoms with Crippen molar-refractivity contribution >= 4 is 5.91 Å². The van der Waals surface area contributed by atoms with Crippen LogP contribution in [0.4, 0.5) is 13.2 Å². The van der Waals surface area contributed by atoms with Crippen molar-refractivity contribution in [1.29, 1.82) is 0 Å². The summed E-state index contributed by atoms with van der Waals surface area (Å²) in [4.78, 5) is 11.3. The number of rotatable bonds is 8. The molecule has 3 N–H and O–H groups in total. The summed E-state index contributed by atoms with van der Waals surface area (Å²) in [6.45, 7) is 4.04. The Bertz CT molecular complexity index is 270. The maximum atomic E-state index is 11.8. The molecule has 1 amide bonds. The van der Waals surface area contributed by atoms with Gasteiger partial charge in [-0.25, -0.2) is 0 Å². The van der Waals surface area contributed by atoms with Gasteiger partial charge in [-0.1, -0.05) is 0 Å². The van der Waals surface area contributed by atoms with Gasteiger partial charge < -0.3 is 15.8 Å². The third kappa shape index (κ3) is 7.50. The predicted octanol–water partition coefficient (Wildman–Crippen LogP) is 1.59. The first-order valence-electron chi connectivity index (χ1n) is 5.79. The largest absolute Gasteiger partial charge is 0.411 e. The first-order chi connectivity index (χ1) is 8.07. The van der Waals surface area contributed by atoms with Crippen molar-refractivity contribution in [2.75, 3.05) is 13.2 Å². The van der Waals surface area contributed by atoms with Gasteiger partial charge in [-0.05, 0) is 33.6 Å². The average molecular weight is 270 g/mol. The van der Waals surface area contributed by atoms with Crippen LogP contribution in [0.3, 0.4) is 0 Å². The highest BCUT2D eigenvalue weighted by molar-refractivity contribution is 5.84. The van der Waals surface area contributed by atoms with Crippen molar-refractivity contribution in [2.24, 2.45) is 5.73 Å². The molecular formula is C11H21F3N2O2. The second-order valence-corrected chi connectivity index (χ2v) is 4.77. The van der Waals surface area contributed by atoms with E-state index >= 15 is 0 Å². The van der Waals surface area contributed by atoms with Crippen LogP contribution in [-0.2, 0) is 9.53 Å². The molecule has 0 aliphatic carbocycles. The molecule has 0 saturated heterocycles. The van der Waals surface area contributed by atoms with E-state index in [1.165, 1.54) is 0 Å². The lowest BCUT2D eigenvalue weighted by Gasteiger charge is -2.29. The van der Waals surface area contributed by atoms with Gasteiger partial charge in [0.2, 0.25) is 5.91 Å². The molecule has 0 saturated carbocycles. The molecule has 0 bridgehead atoms. The molecule has 1 atom stereocenters. The minimum atomic E-state index is -4.32. The number of halogens is 3. The van der Waals surface area contributed by atoms with E-state index in [0.717, 1.165) is 0 Å². The SMILES string of the molecule is CC(C)NC(C)(CCCOCC(F)(F)F)C(N)=O. The lowest BCUT2D eigenvalue weighted by molar-refractivity contribution is -0.174. The fourth-order valence-electron chi connectivity index (χ4n) is 1.62. The van der Waals surface area contributed by atoms with Gasteiger partial charge >= 0.3 is 6.18 Å². The Hall–Kier alpha value is -0.820. The molecule has 0 rings (SSSR count). The first-order valence-corrected chi connectivity index (χ1v) is 5.79. The van der Waals surface area contributed by atoms with Crippen LogP contribution >= 0.6 is 0 Å².